The largest absolute Gasteiger partial charge is 0.399 e. The van der Waals surface area contributed by atoms with E-state index in [9.17, 15) is 0 Å². The summed E-state index contributed by atoms with van der Waals surface area (Å²) in [7, 11) is 0. The lowest BCUT2D eigenvalue weighted by atomic mass is 10.1. The van der Waals surface area contributed by atoms with Gasteiger partial charge in [-0.3, -0.25) is 0 Å². The zero-order valence-electron chi connectivity index (χ0n) is 8.85. The third-order valence-electron chi connectivity index (χ3n) is 2.46. The van der Waals surface area contributed by atoms with Crippen LogP contribution in [0.5, 0.6) is 0 Å². The van der Waals surface area contributed by atoms with Gasteiger partial charge in [-0.2, -0.15) is 0 Å². The predicted octanol–water partition coefficient (Wildman–Crippen LogP) is 2.02. The van der Waals surface area contributed by atoms with Crippen molar-refractivity contribution in [3.05, 3.63) is 48.0 Å². The number of benzene rings is 1. The molecule has 1 heterocycles. The highest BCUT2D eigenvalue weighted by molar-refractivity contribution is 5.46. The van der Waals surface area contributed by atoms with E-state index in [1.807, 2.05) is 37.6 Å². The summed E-state index contributed by atoms with van der Waals surface area (Å²) in [4.78, 5) is 4.18. The van der Waals surface area contributed by atoms with E-state index in [4.69, 9.17) is 5.73 Å². The number of nitrogens with two attached hydrogens (primary N) is 1. The highest BCUT2D eigenvalue weighted by Crippen LogP contribution is 2.11. The molecular formula is C12H15N3. The number of imidazole rings is 1. The van der Waals surface area contributed by atoms with Crippen LogP contribution in [0.2, 0.25) is 0 Å². The molecule has 0 fully saturated rings. The summed E-state index contributed by atoms with van der Waals surface area (Å²) in [6.45, 7) is 2.92. The molecule has 3 heteroatoms. The van der Waals surface area contributed by atoms with Crippen molar-refractivity contribution in [2.24, 2.45) is 0 Å². The van der Waals surface area contributed by atoms with Crippen LogP contribution in [-0.4, -0.2) is 9.55 Å². The van der Waals surface area contributed by atoms with Crippen molar-refractivity contribution in [2.45, 2.75) is 19.9 Å². The number of hydrogen-bond acceptors (Lipinski definition) is 2. The molecule has 15 heavy (non-hydrogen) atoms. The molecule has 0 saturated carbocycles. The van der Waals surface area contributed by atoms with Gasteiger partial charge in [-0.25, -0.2) is 4.98 Å². The fourth-order valence-corrected chi connectivity index (χ4v) is 1.61. The van der Waals surface area contributed by atoms with Crippen LogP contribution in [0.3, 0.4) is 0 Å². The van der Waals surface area contributed by atoms with Gasteiger partial charge in [-0.15, -0.1) is 0 Å². The standard InChI is InChI=1S/C12H15N3/c1-10-8-15(9-14-10)7-6-11-4-2-3-5-12(11)13/h2-5,8-9H,6-7,13H2,1H3. The Morgan fingerprint density at radius 1 is 1.33 bits per heavy atom. The van der Waals surface area contributed by atoms with Crippen LogP contribution in [0.1, 0.15) is 11.3 Å². The molecule has 3 nitrogen and oxygen atoms in total. The molecule has 78 valence electrons. The second-order valence-corrected chi connectivity index (χ2v) is 3.70. The summed E-state index contributed by atoms with van der Waals surface area (Å²) in [5.74, 6) is 0. The summed E-state index contributed by atoms with van der Waals surface area (Å²) >= 11 is 0. The van der Waals surface area contributed by atoms with Gasteiger partial charge in [-0.05, 0) is 25.0 Å². The molecule has 0 aliphatic heterocycles. The number of para-hydroxylation sites is 1. The first kappa shape index (κ1) is 9.77. The average molecular weight is 201 g/mol. The van der Waals surface area contributed by atoms with Gasteiger partial charge in [0, 0.05) is 18.4 Å². The van der Waals surface area contributed by atoms with Gasteiger partial charge < -0.3 is 10.3 Å². The van der Waals surface area contributed by atoms with Crippen LogP contribution in [-0.2, 0) is 13.0 Å². The average Bonchev–Trinajstić information content (AvgIpc) is 2.63. The van der Waals surface area contributed by atoms with E-state index < -0.39 is 0 Å². The minimum atomic E-state index is 0.870. The normalized spacial score (nSPS) is 10.5. The molecular weight excluding hydrogens is 186 g/mol. The Kier molecular flexibility index (Phi) is 2.72. The lowest BCUT2D eigenvalue weighted by molar-refractivity contribution is 0.696. The number of aromatic nitrogens is 2. The number of nitrogens with zero attached hydrogens (tertiary/aromatic N) is 2. The maximum Gasteiger partial charge on any atom is 0.0949 e. The van der Waals surface area contributed by atoms with Gasteiger partial charge in [0.15, 0.2) is 0 Å². The number of aryl methyl sites for hydroxylation is 3. The zero-order chi connectivity index (χ0) is 10.7. The summed E-state index contributed by atoms with van der Waals surface area (Å²) in [5, 5.41) is 0. The Morgan fingerprint density at radius 3 is 2.80 bits per heavy atom. The van der Waals surface area contributed by atoms with Gasteiger partial charge >= 0.3 is 0 Å². The fourth-order valence-electron chi connectivity index (χ4n) is 1.61. The second kappa shape index (κ2) is 4.17. The van der Waals surface area contributed by atoms with Crippen molar-refractivity contribution in [3.63, 3.8) is 0 Å². The minimum absolute atomic E-state index is 0.870. The van der Waals surface area contributed by atoms with Crippen molar-refractivity contribution in [1.82, 2.24) is 9.55 Å². The third kappa shape index (κ3) is 2.37. The van der Waals surface area contributed by atoms with Crippen LogP contribution < -0.4 is 5.73 Å². The molecule has 0 aliphatic carbocycles. The Balaban J connectivity index is 2.02. The first-order valence-corrected chi connectivity index (χ1v) is 5.07. The van der Waals surface area contributed by atoms with Gasteiger partial charge in [-0.1, -0.05) is 18.2 Å². The maximum atomic E-state index is 5.87. The van der Waals surface area contributed by atoms with E-state index in [1.54, 1.807) is 0 Å². The van der Waals surface area contributed by atoms with E-state index in [-0.39, 0.29) is 0 Å². The Bertz CT molecular complexity index is 446. The summed E-state index contributed by atoms with van der Waals surface area (Å²) < 4.78 is 2.09. The van der Waals surface area contributed by atoms with E-state index in [0.717, 1.165) is 24.3 Å². The van der Waals surface area contributed by atoms with Crippen molar-refractivity contribution in [1.29, 1.82) is 0 Å². The van der Waals surface area contributed by atoms with Crippen molar-refractivity contribution in [3.8, 4) is 0 Å². The molecule has 0 aliphatic rings. The SMILES string of the molecule is Cc1cn(CCc2ccccc2N)cn1. The number of anilines is 1. The lowest BCUT2D eigenvalue weighted by Crippen LogP contribution is -2.01. The monoisotopic (exact) mass is 201 g/mol. The van der Waals surface area contributed by atoms with Crippen molar-refractivity contribution < 1.29 is 0 Å². The Hall–Kier alpha value is -1.77. The highest BCUT2D eigenvalue weighted by Gasteiger charge is 1.98. The lowest BCUT2D eigenvalue weighted by Gasteiger charge is -2.05. The molecule has 2 aromatic rings. The first-order valence-electron chi connectivity index (χ1n) is 5.07. The number of nitrogen functional groups attached to an aromatic ring is 1. The molecule has 0 amide bonds. The van der Waals surface area contributed by atoms with Crippen LogP contribution in [0.15, 0.2) is 36.8 Å². The molecule has 0 atom stereocenters. The van der Waals surface area contributed by atoms with E-state index in [2.05, 4.69) is 15.6 Å². The van der Waals surface area contributed by atoms with Crippen LogP contribution in [0.4, 0.5) is 5.69 Å². The van der Waals surface area contributed by atoms with Crippen LogP contribution in [0.25, 0.3) is 0 Å². The van der Waals surface area contributed by atoms with E-state index in [0.29, 0.717) is 0 Å². The maximum absolute atomic E-state index is 5.87. The van der Waals surface area contributed by atoms with Crippen LogP contribution in [0, 0.1) is 6.92 Å². The summed E-state index contributed by atoms with van der Waals surface area (Å²) in [6, 6.07) is 7.98. The molecule has 2 N–H and O–H groups in total. The smallest absolute Gasteiger partial charge is 0.0949 e. The van der Waals surface area contributed by atoms with Crippen molar-refractivity contribution in [2.75, 3.05) is 5.73 Å². The van der Waals surface area contributed by atoms with Crippen LogP contribution >= 0.6 is 0 Å². The molecule has 1 aromatic carbocycles. The molecule has 0 saturated heterocycles. The highest BCUT2D eigenvalue weighted by atomic mass is 15.0. The number of rotatable bonds is 3. The minimum Gasteiger partial charge on any atom is -0.399 e. The fraction of sp³-hybridized carbons (Fsp3) is 0.250. The molecule has 2 rings (SSSR count). The zero-order valence-corrected chi connectivity index (χ0v) is 8.85. The number of hydrogen-bond donors (Lipinski definition) is 1. The van der Waals surface area contributed by atoms with E-state index in [1.165, 1.54) is 5.56 Å². The molecule has 0 spiro atoms. The van der Waals surface area contributed by atoms with Crippen molar-refractivity contribution >= 4 is 5.69 Å². The van der Waals surface area contributed by atoms with E-state index >= 15 is 0 Å². The quantitative estimate of drug-likeness (QED) is 0.772. The predicted molar refractivity (Wildman–Crippen MR) is 61.5 cm³/mol. The first-order chi connectivity index (χ1) is 7.25. The topological polar surface area (TPSA) is 43.8 Å². The second-order valence-electron chi connectivity index (χ2n) is 3.70. The van der Waals surface area contributed by atoms with Gasteiger partial charge in [0.25, 0.3) is 0 Å². The molecule has 0 bridgehead atoms. The molecule has 0 unspecified atom stereocenters. The van der Waals surface area contributed by atoms with Gasteiger partial charge in [0.1, 0.15) is 0 Å². The molecule has 0 radical (unpaired) electrons. The molecule has 1 aromatic heterocycles. The third-order valence-corrected chi connectivity index (χ3v) is 2.46. The Morgan fingerprint density at radius 2 is 2.13 bits per heavy atom. The summed E-state index contributed by atoms with van der Waals surface area (Å²) in [5.41, 5.74) is 8.98. The van der Waals surface area contributed by atoms with Gasteiger partial charge in [0.2, 0.25) is 0 Å². The summed E-state index contributed by atoms with van der Waals surface area (Å²) in [6.07, 6.45) is 4.84. The van der Waals surface area contributed by atoms with Gasteiger partial charge in [0.05, 0.1) is 12.0 Å². The Labute approximate surface area is 89.6 Å².